The fourth-order valence-electron chi connectivity index (χ4n) is 2.33. The van der Waals surface area contributed by atoms with Crippen molar-refractivity contribution >= 4 is 5.97 Å². The number of aliphatic hydroxyl groups excluding tert-OH is 1. The second-order valence-electron chi connectivity index (χ2n) is 4.42. The van der Waals surface area contributed by atoms with Gasteiger partial charge in [0, 0.05) is 6.54 Å². The molecule has 1 fully saturated rings. The van der Waals surface area contributed by atoms with Crippen molar-refractivity contribution in [2.45, 2.75) is 25.0 Å². The van der Waals surface area contributed by atoms with Crippen molar-refractivity contribution in [3.05, 3.63) is 35.9 Å². The van der Waals surface area contributed by atoms with Gasteiger partial charge in [0.25, 0.3) is 0 Å². The highest BCUT2D eigenvalue weighted by molar-refractivity contribution is 5.73. The van der Waals surface area contributed by atoms with Gasteiger partial charge in [-0.15, -0.1) is 0 Å². The summed E-state index contributed by atoms with van der Waals surface area (Å²) in [5, 5.41) is 19.1. The quantitative estimate of drug-likeness (QED) is 0.825. The van der Waals surface area contributed by atoms with E-state index in [9.17, 15) is 9.90 Å². The van der Waals surface area contributed by atoms with Crippen LogP contribution in [0.1, 0.15) is 24.5 Å². The van der Waals surface area contributed by atoms with Crippen molar-refractivity contribution in [1.29, 1.82) is 0 Å². The number of carboxylic acid groups (broad SMARTS) is 1. The minimum absolute atomic E-state index is 0.390. The van der Waals surface area contributed by atoms with Crippen molar-refractivity contribution in [3.8, 4) is 0 Å². The van der Waals surface area contributed by atoms with Gasteiger partial charge in [0.15, 0.2) is 0 Å². The van der Waals surface area contributed by atoms with Crippen molar-refractivity contribution in [3.63, 3.8) is 0 Å². The van der Waals surface area contributed by atoms with E-state index in [4.69, 9.17) is 5.11 Å². The summed E-state index contributed by atoms with van der Waals surface area (Å²) in [4.78, 5) is 12.9. The number of rotatable bonds is 4. The second-order valence-corrected chi connectivity index (χ2v) is 4.42. The average Bonchev–Trinajstić information content (AvgIpc) is 2.78. The molecule has 4 heteroatoms. The van der Waals surface area contributed by atoms with Crippen LogP contribution in [0, 0.1) is 0 Å². The summed E-state index contributed by atoms with van der Waals surface area (Å²) in [5.41, 5.74) is 0.837. The molecule has 1 aromatic rings. The standard InChI is InChI=1S/C13H17NO3/c15-12(10-5-2-1-3-6-10)9-14-8-4-7-11(14)13(16)17/h1-3,5-6,11-12,15H,4,7-9H2,(H,16,17). The Labute approximate surface area is 100 Å². The fourth-order valence-corrected chi connectivity index (χ4v) is 2.33. The van der Waals surface area contributed by atoms with Gasteiger partial charge in [0.05, 0.1) is 6.10 Å². The largest absolute Gasteiger partial charge is 0.480 e. The third kappa shape index (κ3) is 2.84. The monoisotopic (exact) mass is 235 g/mol. The maximum atomic E-state index is 11.0. The van der Waals surface area contributed by atoms with Crippen LogP contribution in [0.4, 0.5) is 0 Å². The van der Waals surface area contributed by atoms with Gasteiger partial charge >= 0.3 is 5.97 Å². The molecule has 0 aromatic heterocycles. The summed E-state index contributed by atoms with van der Waals surface area (Å²) in [5.74, 6) is -0.789. The van der Waals surface area contributed by atoms with Crippen LogP contribution in [0.2, 0.25) is 0 Å². The summed E-state index contributed by atoms with van der Waals surface area (Å²) in [6.45, 7) is 1.14. The summed E-state index contributed by atoms with van der Waals surface area (Å²) < 4.78 is 0. The highest BCUT2D eigenvalue weighted by Gasteiger charge is 2.31. The van der Waals surface area contributed by atoms with Gasteiger partial charge in [-0.1, -0.05) is 30.3 Å². The third-order valence-corrected chi connectivity index (χ3v) is 3.24. The molecule has 0 saturated carbocycles. The molecule has 1 aromatic carbocycles. The summed E-state index contributed by atoms with van der Waals surface area (Å²) in [6, 6.07) is 8.92. The van der Waals surface area contributed by atoms with Crippen LogP contribution in [0.3, 0.4) is 0 Å². The lowest BCUT2D eigenvalue weighted by Crippen LogP contribution is -2.38. The van der Waals surface area contributed by atoms with Gasteiger partial charge in [0.1, 0.15) is 6.04 Å². The van der Waals surface area contributed by atoms with Crippen molar-refractivity contribution in [2.75, 3.05) is 13.1 Å². The minimum atomic E-state index is -0.789. The maximum Gasteiger partial charge on any atom is 0.320 e. The third-order valence-electron chi connectivity index (χ3n) is 3.24. The van der Waals surface area contributed by atoms with Crippen molar-refractivity contribution < 1.29 is 15.0 Å². The smallest absolute Gasteiger partial charge is 0.320 e. The molecule has 0 radical (unpaired) electrons. The summed E-state index contributed by atoms with van der Waals surface area (Å²) in [7, 11) is 0. The van der Waals surface area contributed by atoms with E-state index in [0.29, 0.717) is 13.0 Å². The molecular formula is C13H17NO3. The zero-order valence-electron chi connectivity index (χ0n) is 9.62. The van der Waals surface area contributed by atoms with Crippen LogP contribution in [0.25, 0.3) is 0 Å². The molecule has 2 N–H and O–H groups in total. The number of β-amino-alcohol motifs (C(OH)–C–C–N with tert-alkyl or cyclic N) is 1. The Hall–Kier alpha value is -1.39. The molecular weight excluding hydrogens is 218 g/mol. The second kappa shape index (κ2) is 5.29. The Morgan fingerprint density at radius 2 is 2.12 bits per heavy atom. The van der Waals surface area contributed by atoms with Gasteiger partial charge < -0.3 is 10.2 Å². The van der Waals surface area contributed by atoms with Gasteiger partial charge in [-0.3, -0.25) is 9.69 Å². The number of nitrogens with zero attached hydrogens (tertiary/aromatic N) is 1. The lowest BCUT2D eigenvalue weighted by Gasteiger charge is -2.24. The molecule has 17 heavy (non-hydrogen) atoms. The number of carboxylic acids is 1. The minimum Gasteiger partial charge on any atom is -0.480 e. The van der Waals surface area contributed by atoms with E-state index in [-0.39, 0.29) is 0 Å². The van der Waals surface area contributed by atoms with E-state index in [1.54, 1.807) is 0 Å². The molecule has 1 aliphatic heterocycles. The van der Waals surface area contributed by atoms with E-state index in [1.807, 2.05) is 35.2 Å². The zero-order chi connectivity index (χ0) is 12.3. The first-order valence-corrected chi connectivity index (χ1v) is 5.88. The fraction of sp³-hybridized carbons (Fsp3) is 0.462. The van der Waals surface area contributed by atoms with Crippen LogP contribution in [0.5, 0.6) is 0 Å². The normalized spacial score (nSPS) is 22.5. The van der Waals surface area contributed by atoms with Gasteiger partial charge in [-0.2, -0.15) is 0 Å². The van der Waals surface area contributed by atoms with E-state index in [0.717, 1.165) is 18.5 Å². The van der Waals surface area contributed by atoms with E-state index < -0.39 is 18.1 Å². The molecule has 0 amide bonds. The molecule has 2 unspecified atom stereocenters. The summed E-state index contributed by atoms with van der Waals surface area (Å²) in [6.07, 6.45) is 0.950. The van der Waals surface area contributed by atoms with Crippen LogP contribution in [-0.4, -0.2) is 40.2 Å². The Balaban J connectivity index is 1.99. The number of likely N-dealkylation sites (tertiary alicyclic amines) is 1. The van der Waals surface area contributed by atoms with Crippen LogP contribution < -0.4 is 0 Å². The Morgan fingerprint density at radius 1 is 1.41 bits per heavy atom. The Bertz CT molecular complexity index is 380. The zero-order valence-corrected chi connectivity index (χ0v) is 9.62. The van der Waals surface area contributed by atoms with Crippen LogP contribution in [0.15, 0.2) is 30.3 Å². The molecule has 2 rings (SSSR count). The lowest BCUT2D eigenvalue weighted by atomic mass is 10.1. The molecule has 1 heterocycles. The lowest BCUT2D eigenvalue weighted by molar-refractivity contribution is -0.142. The van der Waals surface area contributed by atoms with Crippen LogP contribution >= 0.6 is 0 Å². The number of hydrogen-bond donors (Lipinski definition) is 2. The van der Waals surface area contributed by atoms with Gasteiger partial charge in [-0.05, 0) is 24.9 Å². The Kier molecular flexibility index (Phi) is 3.76. The number of aliphatic carboxylic acids is 1. The molecule has 92 valence electrons. The molecule has 0 spiro atoms. The first-order valence-electron chi connectivity index (χ1n) is 5.88. The number of hydrogen-bond acceptors (Lipinski definition) is 3. The Morgan fingerprint density at radius 3 is 2.76 bits per heavy atom. The molecule has 0 aliphatic carbocycles. The average molecular weight is 235 g/mol. The highest BCUT2D eigenvalue weighted by atomic mass is 16.4. The molecule has 2 atom stereocenters. The van der Waals surface area contributed by atoms with Gasteiger partial charge in [-0.25, -0.2) is 0 Å². The first kappa shape index (κ1) is 12.1. The number of carbonyl (C=O) groups is 1. The van der Waals surface area contributed by atoms with Crippen molar-refractivity contribution in [1.82, 2.24) is 4.90 Å². The topological polar surface area (TPSA) is 60.8 Å². The molecule has 0 bridgehead atoms. The number of benzene rings is 1. The van der Waals surface area contributed by atoms with E-state index in [1.165, 1.54) is 0 Å². The summed E-state index contributed by atoms with van der Waals surface area (Å²) >= 11 is 0. The van der Waals surface area contributed by atoms with Crippen LogP contribution in [-0.2, 0) is 4.79 Å². The predicted molar refractivity (Wildman–Crippen MR) is 63.6 cm³/mol. The maximum absolute atomic E-state index is 11.0. The molecule has 1 aliphatic rings. The van der Waals surface area contributed by atoms with E-state index >= 15 is 0 Å². The first-order chi connectivity index (χ1) is 8.18. The molecule has 1 saturated heterocycles. The van der Waals surface area contributed by atoms with E-state index in [2.05, 4.69) is 0 Å². The highest BCUT2D eigenvalue weighted by Crippen LogP contribution is 2.21. The van der Waals surface area contributed by atoms with Gasteiger partial charge in [0.2, 0.25) is 0 Å². The molecule has 4 nitrogen and oxygen atoms in total. The van der Waals surface area contributed by atoms with Crippen molar-refractivity contribution in [2.24, 2.45) is 0 Å². The SMILES string of the molecule is O=C(O)C1CCCN1CC(O)c1ccccc1. The number of aliphatic hydroxyl groups is 1. The predicted octanol–water partition coefficient (Wildman–Crippen LogP) is 1.27.